The van der Waals surface area contributed by atoms with Crippen molar-refractivity contribution in [3.8, 4) is 0 Å². The van der Waals surface area contributed by atoms with Crippen molar-refractivity contribution in [2.24, 2.45) is 0 Å². The first-order chi connectivity index (χ1) is 10.2. The van der Waals surface area contributed by atoms with Crippen molar-refractivity contribution < 1.29 is 9.59 Å². The van der Waals surface area contributed by atoms with Crippen LogP contribution in [0.1, 0.15) is 32.0 Å². The van der Waals surface area contributed by atoms with Crippen molar-refractivity contribution in [1.29, 1.82) is 0 Å². The number of aromatic nitrogens is 3. The largest absolute Gasteiger partial charge is 0.336 e. The lowest BCUT2D eigenvalue weighted by Crippen LogP contribution is -2.39. The van der Waals surface area contributed by atoms with E-state index in [1.165, 1.54) is 23.1 Å². The number of carbonyl (C=O) groups excluding carboxylic acids is 2. The van der Waals surface area contributed by atoms with E-state index in [-0.39, 0.29) is 17.2 Å². The number of nitrogens with zero attached hydrogens (tertiary/aromatic N) is 4. The third kappa shape index (κ3) is 2.90. The summed E-state index contributed by atoms with van der Waals surface area (Å²) >= 11 is 1.39. The Hall–Kier alpha value is -1.57. The van der Waals surface area contributed by atoms with Crippen LogP contribution < -0.4 is 5.32 Å². The highest BCUT2D eigenvalue weighted by Gasteiger charge is 2.31. The van der Waals surface area contributed by atoms with Gasteiger partial charge in [-0.3, -0.25) is 9.69 Å². The molecule has 0 saturated carbocycles. The van der Waals surface area contributed by atoms with Crippen LogP contribution in [0.3, 0.4) is 0 Å². The minimum Gasteiger partial charge on any atom is -0.336 e. The number of nitrogens with one attached hydrogen (secondary N) is 1. The van der Waals surface area contributed by atoms with E-state index in [0.29, 0.717) is 13.1 Å². The maximum Gasteiger partial charge on any atom is 0.324 e. The van der Waals surface area contributed by atoms with Crippen LogP contribution in [0.2, 0.25) is 0 Å². The van der Waals surface area contributed by atoms with Crippen LogP contribution in [0.25, 0.3) is 0 Å². The molecule has 2 aliphatic rings. The third-order valence-electron chi connectivity index (χ3n) is 3.83. The van der Waals surface area contributed by atoms with Crippen LogP contribution in [0.4, 0.5) is 4.79 Å². The minimum atomic E-state index is -0.342. The van der Waals surface area contributed by atoms with Crippen LogP contribution in [-0.4, -0.2) is 49.9 Å². The summed E-state index contributed by atoms with van der Waals surface area (Å²) in [6.07, 6.45) is 4.42. The van der Waals surface area contributed by atoms with Gasteiger partial charge in [0, 0.05) is 26.1 Å². The van der Waals surface area contributed by atoms with Gasteiger partial charge in [0.05, 0.1) is 5.25 Å². The Kier molecular flexibility index (Phi) is 4.14. The van der Waals surface area contributed by atoms with Crippen molar-refractivity contribution in [3.63, 3.8) is 0 Å². The van der Waals surface area contributed by atoms with Gasteiger partial charge in [-0.1, -0.05) is 18.2 Å². The molecule has 1 aromatic rings. The fourth-order valence-corrected chi connectivity index (χ4v) is 3.61. The first-order valence-electron chi connectivity index (χ1n) is 7.35. The summed E-state index contributed by atoms with van der Waals surface area (Å²) in [7, 11) is 0. The number of fused-ring (bicyclic) bond motifs is 1. The molecule has 8 heteroatoms. The van der Waals surface area contributed by atoms with Gasteiger partial charge < -0.3 is 9.88 Å². The highest BCUT2D eigenvalue weighted by molar-refractivity contribution is 8.00. The maximum absolute atomic E-state index is 12.3. The average Bonchev–Trinajstić information content (AvgIpc) is 2.97. The molecule has 0 radical (unpaired) electrons. The van der Waals surface area contributed by atoms with Crippen molar-refractivity contribution in [1.82, 2.24) is 25.0 Å². The van der Waals surface area contributed by atoms with Gasteiger partial charge in [0.25, 0.3) is 0 Å². The predicted molar refractivity (Wildman–Crippen MR) is 78.0 cm³/mol. The molecule has 1 fully saturated rings. The monoisotopic (exact) mass is 309 g/mol. The zero-order valence-corrected chi connectivity index (χ0v) is 12.9. The first-order valence-corrected chi connectivity index (χ1v) is 8.22. The van der Waals surface area contributed by atoms with Gasteiger partial charge in [0.1, 0.15) is 5.82 Å². The van der Waals surface area contributed by atoms with Gasteiger partial charge in [0.2, 0.25) is 5.91 Å². The topological polar surface area (TPSA) is 80.1 Å². The number of imide groups is 1. The Morgan fingerprint density at radius 2 is 2.14 bits per heavy atom. The minimum absolute atomic E-state index is 0.166. The van der Waals surface area contributed by atoms with Crippen molar-refractivity contribution in [2.75, 3.05) is 13.1 Å². The zero-order chi connectivity index (χ0) is 14.8. The van der Waals surface area contributed by atoms with Crippen molar-refractivity contribution >= 4 is 23.7 Å². The SMILES string of the molecule is CC(Sc1nnc2n1CCCCC2)C(=O)N1CCNC1=O. The number of carbonyl (C=O) groups is 2. The molecule has 0 aliphatic carbocycles. The number of aryl methyl sites for hydroxylation is 1. The second-order valence-corrected chi connectivity index (χ2v) is 6.65. The molecule has 0 bridgehead atoms. The van der Waals surface area contributed by atoms with Gasteiger partial charge in [-0.15, -0.1) is 10.2 Å². The Labute approximate surface area is 127 Å². The highest BCUT2D eigenvalue weighted by atomic mass is 32.2. The molecule has 3 amide bonds. The van der Waals surface area contributed by atoms with Crippen LogP contribution in [0, 0.1) is 0 Å². The smallest absolute Gasteiger partial charge is 0.324 e. The molecule has 1 aromatic heterocycles. The fourth-order valence-electron chi connectivity index (χ4n) is 2.66. The Bertz CT molecular complexity index is 559. The summed E-state index contributed by atoms with van der Waals surface area (Å²) < 4.78 is 2.12. The molecule has 114 valence electrons. The maximum atomic E-state index is 12.3. The molecule has 1 saturated heterocycles. The standard InChI is InChI=1S/C13H19N5O2S/c1-9(11(19)18-8-6-14-12(18)20)21-13-16-15-10-5-3-2-4-7-17(10)13/h9H,2-8H2,1H3,(H,14,20). The van der Waals surface area contributed by atoms with E-state index in [4.69, 9.17) is 0 Å². The molecule has 1 atom stereocenters. The molecule has 7 nitrogen and oxygen atoms in total. The van der Waals surface area contributed by atoms with Gasteiger partial charge in [-0.25, -0.2) is 4.79 Å². The van der Waals surface area contributed by atoms with Gasteiger partial charge >= 0.3 is 6.03 Å². The second-order valence-electron chi connectivity index (χ2n) is 5.34. The van der Waals surface area contributed by atoms with Gasteiger partial charge in [0.15, 0.2) is 5.16 Å². The third-order valence-corrected chi connectivity index (χ3v) is 4.90. The van der Waals surface area contributed by atoms with E-state index in [2.05, 4.69) is 20.1 Å². The molecule has 3 heterocycles. The molecule has 2 aliphatic heterocycles. The second kappa shape index (κ2) is 6.05. The van der Waals surface area contributed by atoms with Crippen molar-refractivity contribution in [2.45, 2.75) is 49.6 Å². The number of urea groups is 1. The molecular formula is C13H19N5O2S. The van der Waals surface area contributed by atoms with Crippen molar-refractivity contribution in [3.05, 3.63) is 5.82 Å². The van der Waals surface area contributed by atoms with Gasteiger partial charge in [-0.05, 0) is 19.8 Å². The summed E-state index contributed by atoms with van der Waals surface area (Å²) in [6.45, 7) is 3.70. The summed E-state index contributed by atoms with van der Waals surface area (Å²) in [5.41, 5.74) is 0. The van der Waals surface area contributed by atoms with E-state index in [1.807, 2.05) is 6.92 Å². The van der Waals surface area contributed by atoms with E-state index in [0.717, 1.165) is 36.8 Å². The van der Waals surface area contributed by atoms with Crippen LogP contribution in [-0.2, 0) is 17.8 Å². The van der Waals surface area contributed by atoms with Crippen LogP contribution >= 0.6 is 11.8 Å². The summed E-state index contributed by atoms with van der Waals surface area (Å²) in [4.78, 5) is 25.1. The Morgan fingerprint density at radius 1 is 1.29 bits per heavy atom. The number of hydrogen-bond acceptors (Lipinski definition) is 5. The highest BCUT2D eigenvalue weighted by Crippen LogP contribution is 2.26. The van der Waals surface area contributed by atoms with Gasteiger partial charge in [-0.2, -0.15) is 0 Å². The van der Waals surface area contributed by atoms with E-state index in [9.17, 15) is 9.59 Å². The Morgan fingerprint density at radius 3 is 2.90 bits per heavy atom. The number of thioether (sulfide) groups is 1. The van der Waals surface area contributed by atoms with Crippen LogP contribution in [0.15, 0.2) is 5.16 Å². The molecule has 0 aromatic carbocycles. The molecule has 0 spiro atoms. The van der Waals surface area contributed by atoms with E-state index < -0.39 is 0 Å². The molecule has 1 unspecified atom stereocenters. The number of hydrogen-bond donors (Lipinski definition) is 1. The lowest BCUT2D eigenvalue weighted by Gasteiger charge is -2.17. The van der Waals surface area contributed by atoms with E-state index >= 15 is 0 Å². The summed E-state index contributed by atoms with van der Waals surface area (Å²) in [5.74, 6) is 0.842. The van der Waals surface area contributed by atoms with E-state index in [1.54, 1.807) is 0 Å². The lowest BCUT2D eigenvalue weighted by molar-refractivity contribution is -0.126. The lowest BCUT2D eigenvalue weighted by atomic mass is 10.2. The fraction of sp³-hybridized carbons (Fsp3) is 0.692. The zero-order valence-electron chi connectivity index (χ0n) is 12.0. The predicted octanol–water partition coefficient (Wildman–Crippen LogP) is 1.04. The number of rotatable bonds is 3. The molecule has 1 N–H and O–H groups in total. The number of amides is 3. The molecule has 3 rings (SSSR count). The molecular weight excluding hydrogens is 290 g/mol. The first kappa shape index (κ1) is 14.4. The summed E-state index contributed by atoms with van der Waals surface area (Å²) in [6, 6.07) is -0.299. The van der Waals surface area contributed by atoms with Crippen LogP contribution in [0.5, 0.6) is 0 Å². The molecule has 21 heavy (non-hydrogen) atoms. The normalized spacial score (nSPS) is 19.9. The summed E-state index contributed by atoms with van der Waals surface area (Å²) in [5, 5.41) is 11.5. The average molecular weight is 309 g/mol. The Balaban J connectivity index is 1.70. The quantitative estimate of drug-likeness (QED) is 0.844.